The maximum Gasteiger partial charge on any atom is 0.262 e. The molecule has 34 heavy (non-hydrogen) atoms. The summed E-state index contributed by atoms with van der Waals surface area (Å²) in [5, 5.41) is 9.10. The number of nitrogens with zero attached hydrogens (tertiary/aromatic N) is 6. The first kappa shape index (κ1) is 21.3. The van der Waals surface area contributed by atoms with Gasteiger partial charge in [0.25, 0.3) is 5.56 Å². The van der Waals surface area contributed by atoms with E-state index in [4.69, 9.17) is 0 Å². The summed E-state index contributed by atoms with van der Waals surface area (Å²) >= 11 is 0. The van der Waals surface area contributed by atoms with Crippen molar-refractivity contribution in [3.63, 3.8) is 0 Å². The van der Waals surface area contributed by atoms with E-state index in [-0.39, 0.29) is 17.9 Å². The van der Waals surface area contributed by atoms with Gasteiger partial charge in [-0.3, -0.25) is 9.59 Å². The first-order chi connectivity index (χ1) is 16.6. The summed E-state index contributed by atoms with van der Waals surface area (Å²) in [6.45, 7) is 0.440. The largest absolute Gasteiger partial charge is 0.341 e. The second-order valence-corrected chi connectivity index (χ2v) is 8.02. The van der Waals surface area contributed by atoms with Crippen molar-refractivity contribution in [3.8, 4) is 11.4 Å². The number of nitrogens with one attached hydrogen (secondary N) is 1. The minimum atomic E-state index is -0.267. The topological polar surface area (TPSA) is 102 Å². The van der Waals surface area contributed by atoms with Crippen LogP contribution in [0.15, 0.2) is 84.0 Å². The lowest BCUT2D eigenvalue weighted by Crippen LogP contribution is -2.26. The summed E-state index contributed by atoms with van der Waals surface area (Å²) in [5.41, 5.74) is 2.91. The number of aromatic amines is 1. The van der Waals surface area contributed by atoms with Crippen molar-refractivity contribution in [2.45, 2.75) is 19.4 Å². The lowest BCUT2D eigenvalue weighted by molar-refractivity contribution is -0.130. The molecule has 3 aromatic heterocycles. The van der Waals surface area contributed by atoms with Gasteiger partial charge >= 0.3 is 0 Å². The molecule has 0 saturated carbocycles. The number of carbonyl (C=O) groups excluding carboxylic acids is 1. The molecule has 0 atom stereocenters. The number of hydrogen-bond donors (Lipinski definition) is 1. The molecule has 1 amide bonds. The van der Waals surface area contributed by atoms with Gasteiger partial charge in [-0.05, 0) is 24.3 Å². The van der Waals surface area contributed by atoms with Crippen LogP contribution >= 0.6 is 0 Å². The van der Waals surface area contributed by atoms with Crippen LogP contribution in [0.25, 0.3) is 22.4 Å². The van der Waals surface area contributed by atoms with E-state index in [9.17, 15) is 9.59 Å². The molecule has 1 N–H and O–H groups in total. The van der Waals surface area contributed by atoms with Crippen LogP contribution in [0.3, 0.4) is 0 Å². The Bertz CT molecular complexity index is 1490. The predicted molar refractivity (Wildman–Crippen MR) is 128 cm³/mol. The summed E-state index contributed by atoms with van der Waals surface area (Å²) < 4.78 is 3.42. The molecule has 3 heterocycles. The number of aromatic nitrogens is 6. The maximum absolute atomic E-state index is 12.7. The van der Waals surface area contributed by atoms with Gasteiger partial charge in [-0.1, -0.05) is 36.4 Å². The fourth-order valence-corrected chi connectivity index (χ4v) is 3.78. The minimum absolute atomic E-state index is 0.0493. The number of para-hydroxylation sites is 2. The van der Waals surface area contributed by atoms with Crippen LogP contribution in [0.5, 0.6) is 0 Å². The highest BCUT2D eigenvalue weighted by molar-refractivity contribution is 5.77. The number of fused-ring (bicyclic) bond motifs is 1. The van der Waals surface area contributed by atoms with E-state index >= 15 is 0 Å². The van der Waals surface area contributed by atoms with Gasteiger partial charge in [0.05, 0.1) is 23.8 Å². The molecule has 5 aromatic rings. The third kappa shape index (κ3) is 4.36. The fourth-order valence-electron chi connectivity index (χ4n) is 3.78. The number of carbonyl (C=O) groups is 1. The number of aryl methyl sites for hydroxylation is 1. The monoisotopic (exact) mass is 453 g/mol. The Balaban J connectivity index is 1.26. The quantitative estimate of drug-likeness (QED) is 0.408. The first-order valence-corrected chi connectivity index (χ1v) is 10.9. The average molecular weight is 454 g/mol. The molecule has 0 aliphatic carbocycles. The van der Waals surface area contributed by atoms with Gasteiger partial charge < -0.3 is 9.88 Å². The van der Waals surface area contributed by atoms with E-state index in [1.807, 2.05) is 66.9 Å². The molecule has 0 saturated heterocycles. The van der Waals surface area contributed by atoms with Crippen molar-refractivity contribution < 1.29 is 4.79 Å². The highest BCUT2D eigenvalue weighted by Crippen LogP contribution is 2.14. The van der Waals surface area contributed by atoms with Crippen molar-refractivity contribution in [2.75, 3.05) is 7.05 Å². The zero-order valence-electron chi connectivity index (χ0n) is 18.6. The average Bonchev–Trinajstić information content (AvgIpc) is 3.51. The molecule has 2 aromatic carbocycles. The van der Waals surface area contributed by atoms with Crippen LogP contribution in [0.1, 0.15) is 17.8 Å². The van der Waals surface area contributed by atoms with Crippen molar-refractivity contribution in [3.05, 3.63) is 101 Å². The zero-order valence-corrected chi connectivity index (χ0v) is 18.6. The standard InChI is InChI=1S/C25H23N7O2/c1-30(16-18-14-26-31(17-18)19-8-4-2-5-9-19)23(33)13-12-22-28-24-21(25(34)29-22)15-27-32(24)20-10-6-3-7-11-20/h2-11,14-15,17H,12-13,16H2,1H3,(H,28,29,34). The summed E-state index contributed by atoms with van der Waals surface area (Å²) in [5.74, 6) is 0.403. The number of rotatable bonds is 7. The molecular formula is C25H23N7O2. The van der Waals surface area contributed by atoms with Crippen molar-refractivity contribution in [1.82, 2.24) is 34.4 Å². The number of benzene rings is 2. The van der Waals surface area contributed by atoms with E-state index in [0.29, 0.717) is 29.8 Å². The molecule has 5 rings (SSSR count). The molecular weight excluding hydrogens is 430 g/mol. The van der Waals surface area contributed by atoms with Crippen LogP contribution in [-0.4, -0.2) is 47.4 Å². The normalized spacial score (nSPS) is 11.1. The van der Waals surface area contributed by atoms with E-state index in [0.717, 1.165) is 16.9 Å². The lowest BCUT2D eigenvalue weighted by atomic mass is 10.2. The molecule has 0 aliphatic heterocycles. The zero-order chi connectivity index (χ0) is 23.5. The van der Waals surface area contributed by atoms with Gasteiger partial charge in [-0.25, -0.2) is 14.3 Å². The molecule has 9 nitrogen and oxygen atoms in total. The number of hydrogen-bond acceptors (Lipinski definition) is 5. The van der Waals surface area contributed by atoms with Gasteiger partial charge in [0.2, 0.25) is 5.91 Å². The van der Waals surface area contributed by atoms with Crippen LogP contribution in [0.2, 0.25) is 0 Å². The summed E-state index contributed by atoms with van der Waals surface area (Å²) in [4.78, 5) is 34.3. The van der Waals surface area contributed by atoms with E-state index < -0.39 is 0 Å². The molecule has 0 aliphatic rings. The molecule has 170 valence electrons. The van der Waals surface area contributed by atoms with E-state index in [1.54, 1.807) is 27.5 Å². The van der Waals surface area contributed by atoms with Crippen LogP contribution in [0, 0.1) is 0 Å². The third-order valence-corrected chi connectivity index (χ3v) is 5.57. The molecule has 0 fully saturated rings. The fraction of sp³-hybridized carbons (Fsp3) is 0.160. The molecule has 0 unspecified atom stereocenters. The summed E-state index contributed by atoms with van der Waals surface area (Å²) in [7, 11) is 1.76. The van der Waals surface area contributed by atoms with Gasteiger partial charge in [0, 0.05) is 38.2 Å². The Kier molecular flexibility index (Phi) is 5.73. The smallest absolute Gasteiger partial charge is 0.262 e. The molecule has 0 radical (unpaired) electrons. The predicted octanol–water partition coefficient (Wildman–Crippen LogP) is 2.89. The highest BCUT2D eigenvalue weighted by Gasteiger charge is 2.15. The van der Waals surface area contributed by atoms with Gasteiger partial charge in [0.15, 0.2) is 5.65 Å². The minimum Gasteiger partial charge on any atom is -0.341 e. The van der Waals surface area contributed by atoms with Gasteiger partial charge in [0.1, 0.15) is 11.2 Å². The second-order valence-electron chi connectivity index (χ2n) is 8.02. The highest BCUT2D eigenvalue weighted by atomic mass is 16.2. The van der Waals surface area contributed by atoms with Crippen LogP contribution < -0.4 is 5.56 Å². The van der Waals surface area contributed by atoms with Crippen LogP contribution in [0.4, 0.5) is 0 Å². The van der Waals surface area contributed by atoms with Crippen molar-refractivity contribution in [2.24, 2.45) is 0 Å². The van der Waals surface area contributed by atoms with Crippen molar-refractivity contribution in [1.29, 1.82) is 0 Å². The second kappa shape index (κ2) is 9.14. The van der Waals surface area contributed by atoms with Gasteiger partial charge in [-0.15, -0.1) is 0 Å². The molecule has 0 bridgehead atoms. The van der Waals surface area contributed by atoms with Crippen LogP contribution in [-0.2, 0) is 17.8 Å². The first-order valence-electron chi connectivity index (χ1n) is 10.9. The maximum atomic E-state index is 12.7. The summed E-state index contributed by atoms with van der Waals surface area (Å²) in [6, 6.07) is 19.3. The number of amides is 1. The summed E-state index contributed by atoms with van der Waals surface area (Å²) in [6.07, 6.45) is 5.71. The van der Waals surface area contributed by atoms with Gasteiger partial charge in [-0.2, -0.15) is 10.2 Å². The van der Waals surface area contributed by atoms with E-state index in [2.05, 4.69) is 20.2 Å². The van der Waals surface area contributed by atoms with E-state index in [1.165, 1.54) is 6.20 Å². The Morgan fingerprint density at radius 2 is 1.68 bits per heavy atom. The lowest BCUT2D eigenvalue weighted by Gasteiger charge is -2.16. The SMILES string of the molecule is CN(Cc1cnn(-c2ccccc2)c1)C(=O)CCc1nc2c(cnn2-c2ccccc2)c(=O)[nH]1. The Morgan fingerprint density at radius 3 is 2.41 bits per heavy atom. The number of H-pyrrole nitrogens is 1. The molecule has 9 heteroatoms. The Morgan fingerprint density at radius 1 is 0.971 bits per heavy atom. The Hall–Kier alpha value is -4.53. The third-order valence-electron chi connectivity index (χ3n) is 5.57. The van der Waals surface area contributed by atoms with Crippen molar-refractivity contribution >= 4 is 16.9 Å². The Labute approximate surface area is 195 Å². The molecule has 0 spiro atoms.